The predicted molar refractivity (Wildman–Crippen MR) is 76.5 cm³/mol. The molecule has 1 aromatic carbocycles. The molecule has 0 spiro atoms. The molecule has 2 aromatic rings. The molecule has 1 fully saturated rings. The number of nitrogens with one attached hydrogen (secondary N) is 1. The lowest BCUT2D eigenvalue weighted by Gasteiger charge is -2.22. The molecule has 0 radical (unpaired) electrons. The second kappa shape index (κ2) is 5.47. The first-order chi connectivity index (χ1) is 8.83. The maximum Gasteiger partial charge on any atom is 0.181 e. The molecule has 2 heterocycles. The molecule has 0 bridgehead atoms. The van der Waals surface area contributed by atoms with Gasteiger partial charge in [-0.2, -0.15) is 0 Å². The topological polar surface area (TPSA) is 42.0 Å². The Kier molecular flexibility index (Phi) is 3.72. The van der Waals surface area contributed by atoms with E-state index in [2.05, 4.69) is 10.3 Å². The summed E-state index contributed by atoms with van der Waals surface area (Å²) in [7, 11) is -0.969. The Bertz CT molecular complexity index is 528. The molecule has 0 aliphatic carbocycles. The van der Waals surface area contributed by atoms with E-state index in [0.717, 1.165) is 27.5 Å². The van der Waals surface area contributed by atoms with Crippen molar-refractivity contribution < 1.29 is 4.21 Å². The standard InChI is InChI=1S/C13H16N2OS2/c16-18(9-10-5-3-4-8-14-10)13-15-11-6-1-2-7-12(11)17-13/h1-2,6-7,10,14H,3-5,8-9H2/t10-,18+/m0/s1. The molecule has 5 heteroatoms. The summed E-state index contributed by atoms with van der Waals surface area (Å²) in [5.41, 5.74) is 0.961. The van der Waals surface area contributed by atoms with Crippen LogP contribution < -0.4 is 5.32 Å². The summed E-state index contributed by atoms with van der Waals surface area (Å²) in [6.07, 6.45) is 3.62. The number of hydrogen-bond donors (Lipinski definition) is 1. The SMILES string of the molecule is O=[S@](C[C@@H]1CCCCN1)c1nc2ccccc2s1. The van der Waals surface area contributed by atoms with E-state index in [9.17, 15) is 4.21 Å². The minimum Gasteiger partial charge on any atom is -0.313 e. The van der Waals surface area contributed by atoms with Gasteiger partial charge in [0.1, 0.15) is 0 Å². The minimum atomic E-state index is -0.969. The van der Waals surface area contributed by atoms with Crippen molar-refractivity contribution in [1.29, 1.82) is 0 Å². The highest BCUT2D eigenvalue weighted by atomic mass is 32.2. The molecule has 3 rings (SSSR count). The molecule has 96 valence electrons. The zero-order valence-electron chi connectivity index (χ0n) is 10.1. The molecular formula is C13H16N2OS2. The van der Waals surface area contributed by atoms with Gasteiger partial charge in [0.05, 0.1) is 21.0 Å². The van der Waals surface area contributed by atoms with Gasteiger partial charge < -0.3 is 5.32 Å². The fraction of sp³-hybridized carbons (Fsp3) is 0.462. The van der Waals surface area contributed by atoms with Crippen LogP contribution in [0.3, 0.4) is 0 Å². The Morgan fingerprint density at radius 2 is 2.28 bits per heavy atom. The molecule has 1 aromatic heterocycles. The van der Waals surface area contributed by atoms with E-state index < -0.39 is 10.8 Å². The molecule has 3 nitrogen and oxygen atoms in total. The normalized spacial score (nSPS) is 22.1. The second-order valence-electron chi connectivity index (χ2n) is 4.61. The van der Waals surface area contributed by atoms with Gasteiger partial charge in [-0.25, -0.2) is 4.98 Å². The molecule has 0 amide bonds. The average Bonchev–Trinajstić information content (AvgIpc) is 2.84. The summed E-state index contributed by atoms with van der Waals surface area (Å²) in [6, 6.07) is 8.37. The number of benzene rings is 1. The molecule has 0 unspecified atom stereocenters. The lowest BCUT2D eigenvalue weighted by molar-refractivity contribution is 0.427. The van der Waals surface area contributed by atoms with Gasteiger partial charge in [0.2, 0.25) is 0 Å². The Labute approximate surface area is 113 Å². The van der Waals surface area contributed by atoms with Gasteiger partial charge >= 0.3 is 0 Å². The third-order valence-corrected chi connectivity index (χ3v) is 6.06. The van der Waals surface area contributed by atoms with E-state index >= 15 is 0 Å². The number of aromatic nitrogens is 1. The molecule has 1 aliphatic rings. The Morgan fingerprint density at radius 3 is 3.06 bits per heavy atom. The number of para-hydroxylation sites is 1. The summed E-state index contributed by atoms with van der Waals surface area (Å²) in [6.45, 7) is 1.06. The summed E-state index contributed by atoms with van der Waals surface area (Å²) >= 11 is 1.55. The third-order valence-electron chi connectivity index (χ3n) is 3.23. The van der Waals surface area contributed by atoms with Crippen LogP contribution in [0.1, 0.15) is 19.3 Å². The molecular weight excluding hydrogens is 264 g/mol. The summed E-state index contributed by atoms with van der Waals surface area (Å²) < 4.78 is 14.2. The van der Waals surface area contributed by atoms with Crippen molar-refractivity contribution >= 4 is 32.4 Å². The van der Waals surface area contributed by atoms with Crippen molar-refractivity contribution in [3.05, 3.63) is 24.3 Å². The molecule has 1 N–H and O–H groups in total. The largest absolute Gasteiger partial charge is 0.313 e. The van der Waals surface area contributed by atoms with Crippen LogP contribution in [0.5, 0.6) is 0 Å². The van der Waals surface area contributed by atoms with Crippen molar-refractivity contribution in [2.75, 3.05) is 12.3 Å². The van der Waals surface area contributed by atoms with Gasteiger partial charge in [0, 0.05) is 11.8 Å². The Morgan fingerprint density at radius 1 is 1.39 bits per heavy atom. The van der Waals surface area contributed by atoms with Crippen molar-refractivity contribution in [1.82, 2.24) is 10.3 Å². The van der Waals surface area contributed by atoms with Crippen LogP contribution in [0.25, 0.3) is 10.2 Å². The van der Waals surface area contributed by atoms with Gasteiger partial charge in [-0.05, 0) is 31.5 Å². The molecule has 2 atom stereocenters. The van der Waals surface area contributed by atoms with Crippen LogP contribution in [0.4, 0.5) is 0 Å². The maximum atomic E-state index is 12.3. The zero-order chi connectivity index (χ0) is 12.4. The number of nitrogens with zero attached hydrogens (tertiary/aromatic N) is 1. The highest BCUT2D eigenvalue weighted by molar-refractivity contribution is 7.87. The predicted octanol–water partition coefficient (Wildman–Crippen LogP) is 2.55. The highest BCUT2D eigenvalue weighted by Gasteiger charge is 2.18. The van der Waals surface area contributed by atoms with Gasteiger partial charge in [0.15, 0.2) is 4.34 Å². The average molecular weight is 280 g/mol. The minimum absolute atomic E-state index is 0.395. The van der Waals surface area contributed by atoms with E-state index in [4.69, 9.17) is 0 Å². The molecule has 1 saturated heterocycles. The van der Waals surface area contributed by atoms with Crippen LogP contribution in [-0.2, 0) is 10.8 Å². The van der Waals surface area contributed by atoms with Crippen LogP contribution in [0, 0.1) is 0 Å². The fourth-order valence-electron chi connectivity index (χ4n) is 2.27. The van der Waals surface area contributed by atoms with E-state index in [1.807, 2.05) is 24.3 Å². The van der Waals surface area contributed by atoms with Crippen LogP contribution in [0.2, 0.25) is 0 Å². The zero-order valence-corrected chi connectivity index (χ0v) is 11.7. The summed E-state index contributed by atoms with van der Waals surface area (Å²) in [5.74, 6) is 0.694. The number of thiazole rings is 1. The van der Waals surface area contributed by atoms with Gasteiger partial charge in [0.25, 0.3) is 0 Å². The number of rotatable bonds is 3. The second-order valence-corrected chi connectivity index (χ2v) is 7.31. The summed E-state index contributed by atoms with van der Waals surface area (Å²) in [5, 5.41) is 3.44. The van der Waals surface area contributed by atoms with Crippen LogP contribution in [0.15, 0.2) is 28.6 Å². The quantitative estimate of drug-likeness (QED) is 0.939. The van der Waals surface area contributed by atoms with E-state index in [1.165, 1.54) is 12.8 Å². The van der Waals surface area contributed by atoms with Crippen molar-refractivity contribution in [2.45, 2.75) is 29.6 Å². The number of hydrogen-bond acceptors (Lipinski definition) is 4. The smallest absolute Gasteiger partial charge is 0.181 e. The lowest BCUT2D eigenvalue weighted by atomic mass is 10.1. The van der Waals surface area contributed by atoms with Crippen LogP contribution >= 0.6 is 11.3 Å². The van der Waals surface area contributed by atoms with Crippen LogP contribution in [-0.4, -0.2) is 27.5 Å². The van der Waals surface area contributed by atoms with Crippen molar-refractivity contribution in [3.8, 4) is 0 Å². The van der Waals surface area contributed by atoms with Gasteiger partial charge in [-0.1, -0.05) is 18.6 Å². The highest BCUT2D eigenvalue weighted by Crippen LogP contribution is 2.24. The first-order valence-corrected chi connectivity index (χ1v) is 8.44. The Balaban J connectivity index is 1.74. The number of piperidine rings is 1. The molecule has 0 saturated carbocycles. The van der Waals surface area contributed by atoms with E-state index in [-0.39, 0.29) is 0 Å². The third kappa shape index (κ3) is 2.63. The van der Waals surface area contributed by atoms with Gasteiger partial charge in [-0.15, -0.1) is 11.3 Å². The lowest BCUT2D eigenvalue weighted by Crippen LogP contribution is -2.38. The fourth-order valence-corrected chi connectivity index (χ4v) is 4.80. The van der Waals surface area contributed by atoms with E-state index in [1.54, 1.807) is 11.3 Å². The monoisotopic (exact) mass is 280 g/mol. The Hall–Kier alpha value is -0.780. The van der Waals surface area contributed by atoms with Crippen molar-refractivity contribution in [2.24, 2.45) is 0 Å². The number of fused-ring (bicyclic) bond motifs is 1. The van der Waals surface area contributed by atoms with Gasteiger partial charge in [-0.3, -0.25) is 4.21 Å². The molecule has 1 aliphatic heterocycles. The molecule has 18 heavy (non-hydrogen) atoms. The first-order valence-electron chi connectivity index (χ1n) is 6.30. The summed E-state index contributed by atoms with van der Waals surface area (Å²) in [4.78, 5) is 4.47. The first kappa shape index (κ1) is 12.3. The van der Waals surface area contributed by atoms with E-state index in [0.29, 0.717) is 11.8 Å². The maximum absolute atomic E-state index is 12.3. The van der Waals surface area contributed by atoms with Crippen molar-refractivity contribution in [3.63, 3.8) is 0 Å².